The Kier molecular flexibility index (Phi) is 5.08. The van der Waals surface area contributed by atoms with Crippen molar-refractivity contribution in [2.75, 3.05) is 5.73 Å². The van der Waals surface area contributed by atoms with Crippen LogP contribution in [0.3, 0.4) is 0 Å². The zero-order chi connectivity index (χ0) is 21.8. The number of hydrogen-bond donors (Lipinski definition) is 2. The van der Waals surface area contributed by atoms with E-state index < -0.39 is 10.8 Å². The van der Waals surface area contributed by atoms with Crippen LogP contribution in [0, 0.1) is 10.1 Å². The molecule has 0 atom stereocenters. The molecule has 0 bridgehead atoms. The van der Waals surface area contributed by atoms with E-state index in [1.165, 1.54) is 24.4 Å². The highest BCUT2D eigenvalue weighted by Gasteiger charge is 2.26. The van der Waals surface area contributed by atoms with Crippen molar-refractivity contribution in [3.63, 3.8) is 0 Å². The lowest BCUT2D eigenvalue weighted by Crippen LogP contribution is -2.19. The topological polar surface area (TPSA) is 193 Å². The van der Waals surface area contributed by atoms with Crippen LogP contribution in [0.15, 0.2) is 58.4 Å². The number of hydrazone groups is 1. The molecule has 3 heterocycles. The third-order valence-corrected chi connectivity index (χ3v) is 3.96. The first-order valence-electron chi connectivity index (χ1n) is 8.58. The lowest BCUT2D eigenvalue weighted by molar-refractivity contribution is -0.384. The van der Waals surface area contributed by atoms with E-state index in [1.54, 1.807) is 30.5 Å². The van der Waals surface area contributed by atoms with Crippen LogP contribution in [0.2, 0.25) is 0 Å². The molecule has 0 aliphatic carbocycles. The molecule has 0 saturated carbocycles. The second kappa shape index (κ2) is 8.16. The molecule has 31 heavy (non-hydrogen) atoms. The summed E-state index contributed by atoms with van der Waals surface area (Å²) in [4.78, 5) is 27.4. The number of nitro groups is 1. The second-order valence-corrected chi connectivity index (χ2v) is 5.93. The van der Waals surface area contributed by atoms with Gasteiger partial charge in [0.05, 0.1) is 16.8 Å². The number of nitrogens with one attached hydrogen (secondary N) is 1. The number of rotatable bonds is 6. The number of pyridine rings is 1. The molecule has 154 valence electrons. The molecule has 0 radical (unpaired) electrons. The molecule has 3 aromatic heterocycles. The summed E-state index contributed by atoms with van der Waals surface area (Å²) in [5.74, 6) is -0.878. The third-order valence-electron chi connectivity index (χ3n) is 3.96. The Labute approximate surface area is 172 Å². The van der Waals surface area contributed by atoms with Gasteiger partial charge in [-0.05, 0) is 22.4 Å². The Bertz CT molecular complexity index is 1280. The van der Waals surface area contributed by atoms with Crippen LogP contribution in [0.4, 0.5) is 11.5 Å². The summed E-state index contributed by atoms with van der Waals surface area (Å²) in [7, 11) is 0. The van der Waals surface area contributed by atoms with Crippen molar-refractivity contribution in [2.45, 2.75) is 0 Å². The molecule has 1 aromatic carbocycles. The maximum atomic E-state index is 12.7. The fraction of sp³-hybridized carbons (Fsp3) is 0. The molecule has 3 N–H and O–H groups in total. The minimum absolute atomic E-state index is 0.0370. The number of amides is 1. The van der Waals surface area contributed by atoms with Gasteiger partial charge in [0, 0.05) is 23.9 Å². The largest absolute Gasteiger partial charge is 0.378 e. The van der Waals surface area contributed by atoms with Crippen molar-refractivity contribution in [3.8, 4) is 17.1 Å². The summed E-state index contributed by atoms with van der Waals surface area (Å²) in [5, 5.41) is 29.9. The number of non-ortho nitro benzene ring substituents is 1. The molecule has 0 unspecified atom stereocenters. The zero-order valence-electron chi connectivity index (χ0n) is 15.5. The minimum atomic E-state index is -0.727. The maximum absolute atomic E-state index is 12.7. The number of anilines is 1. The van der Waals surface area contributed by atoms with Crippen LogP contribution in [0.5, 0.6) is 0 Å². The Morgan fingerprint density at radius 2 is 2.13 bits per heavy atom. The summed E-state index contributed by atoms with van der Waals surface area (Å²) < 4.78 is 5.68. The van der Waals surface area contributed by atoms with E-state index in [2.05, 4.69) is 40.8 Å². The molecule has 0 spiro atoms. The predicted octanol–water partition coefficient (Wildman–Crippen LogP) is 0.967. The van der Waals surface area contributed by atoms with Crippen molar-refractivity contribution < 1.29 is 14.3 Å². The van der Waals surface area contributed by atoms with Crippen molar-refractivity contribution >= 4 is 23.6 Å². The van der Waals surface area contributed by atoms with Crippen LogP contribution < -0.4 is 11.2 Å². The van der Waals surface area contributed by atoms with Gasteiger partial charge in [-0.15, -0.1) is 5.10 Å². The highest BCUT2D eigenvalue weighted by atomic mass is 16.6. The van der Waals surface area contributed by atoms with E-state index in [9.17, 15) is 14.9 Å². The fourth-order valence-corrected chi connectivity index (χ4v) is 2.61. The van der Waals surface area contributed by atoms with Gasteiger partial charge < -0.3 is 5.73 Å². The fourth-order valence-electron chi connectivity index (χ4n) is 2.61. The van der Waals surface area contributed by atoms with Gasteiger partial charge in [0.2, 0.25) is 11.6 Å². The number of carbonyl (C=O) groups is 1. The Morgan fingerprint density at radius 3 is 2.84 bits per heavy atom. The molecule has 14 heteroatoms. The summed E-state index contributed by atoms with van der Waals surface area (Å²) in [6.07, 6.45) is 2.92. The lowest BCUT2D eigenvalue weighted by Gasteiger charge is -2.05. The molecule has 0 aliphatic heterocycles. The number of aromatic nitrogens is 6. The molecular formula is C17H12N10O4. The van der Waals surface area contributed by atoms with Crippen molar-refractivity contribution in [1.29, 1.82) is 0 Å². The van der Waals surface area contributed by atoms with E-state index in [1.807, 2.05) is 0 Å². The Balaban J connectivity index is 1.74. The lowest BCUT2D eigenvalue weighted by atomic mass is 10.1. The van der Waals surface area contributed by atoms with Crippen LogP contribution >= 0.6 is 0 Å². The van der Waals surface area contributed by atoms with Gasteiger partial charge in [-0.1, -0.05) is 23.4 Å². The first-order chi connectivity index (χ1) is 15.0. The minimum Gasteiger partial charge on any atom is -0.378 e. The molecule has 0 aliphatic rings. The number of benzene rings is 1. The van der Waals surface area contributed by atoms with Crippen molar-refractivity contribution in [1.82, 2.24) is 35.7 Å². The average molecular weight is 420 g/mol. The number of hydrogen-bond acceptors (Lipinski definition) is 11. The average Bonchev–Trinajstić information content (AvgIpc) is 3.40. The summed E-state index contributed by atoms with van der Waals surface area (Å²) >= 11 is 0. The molecular weight excluding hydrogens is 408 g/mol. The van der Waals surface area contributed by atoms with E-state index in [0.29, 0.717) is 5.69 Å². The van der Waals surface area contributed by atoms with Gasteiger partial charge >= 0.3 is 0 Å². The van der Waals surface area contributed by atoms with Gasteiger partial charge in [0.1, 0.15) is 5.69 Å². The molecule has 14 nitrogen and oxygen atoms in total. The van der Waals surface area contributed by atoms with Gasteiger partial charge in [-0.25, -0.2) is 10.1 Å². The standard InChI is InChI=1S/C17H12N10O4/c18-15-16(24-31-23-15)26-14(10-4-3-6-12(8-10)27(29)30)13(21-25-26)17(28)22-20-9-11-5-1-2-7-19-11/h1-9H,(H2,18,23)(H,22,28)/b20-9+. The molecule has 4 rings (SSSR count). The third kappa shape index (κ3) is 3.93. The van der Waals surface area contributed by atoms with E-state index in [-0.39, 0.29) is 34.3 Å². The first-order valence-corrected chi connectivity index (χ1v) is 8.58. The number of nitro benzene ring substituents is 1. The first kappa shape index (κ1) is 19.3. The monoisotopic (exact) mass is 420 g/mol. The molecule has 1 amide bonds. The van der Waals surface area contributed by atoms with Gasteiger partial charge in [0.25, 0.3) is 11.6 Å². The summed E-state index contributed by atoms with van der Waals surface area (Å²) in [6, 6.07) is 10.8. The van der Waals surface area contributed by atoms with Gasteiger partial charge in [0.15, 0.2) is 5.69 Å². The number of nitrogens with two attached hydrogens (primary N) is 1. The smallest absolute Gasteiger partial charge is 0.294 e. The van der Waals surface area contributed by atoms with Gasteiger partial charge in [-0.3, -0.25) is 19.9 Å². The Hall–Kier alpha value is -5.01. The van der Waals surface area contributed by atoms with E-state index in [0.717, 1.165) is 4.68 Å². The van der Waals surface area contributed by atoms with E-state index >= 15 is 0 Å². The number of nitrogens with zero attached hydrogens (tertiary/aromatic N) is 8. The molecule has 0 fully saturated rings. The zero-order valence-corrected chi connectivity index (χ0v) is 15.5. The van der Waals surface area contributed by atoms with Crippen LogP contribution in [0.1, 0.15) is 16.2 Å². The summed E-state index contributed by atoms with van der Waals surface area (Å²) in [6.45, 7) is 0. The van der Waals surface area contributed by atoms with E-state index in [4.69, 9.17) is 5.73 Å². The predicted molar refractivity (Wildman–Crippen MR) is 105 cm³/mol. The quantitative estimate of drug-likeness (QED) is 0.258. The highest BCUT2D eigenvalue weighted by molar-refractivity contribution is 5.98. The van der Waals surface area contributed by atoms with Crippen molar-refractivity contribution in [2.24, 2.45) is 5.10 Å². The molecule has 4 aromatic rings. The SMILES string of the molecule is Nc1nonc1-n1nnc(C(=O)N/N=C/c2ccccn2)c1-c1cccc([N+](=O)[O-])c1. The van der Waals surface area contributed by atoms with Crippen LogP contribution in [0.25, 0.3) is 17.1 Å². The summed E-state index contributed by atoms with van der Waals surface area (Å²) in [5.41, 5.74) is 8.54. The molecule has 0 saturated heterocycles. The number of nitrogen functional groups attached to an aromatic ring is 1. The van der Waals surface area contributed by atoms with Crippen molar-refractivity contribution in [3.05, 3.63) is 70.2 Å². The Morgan fingerprint density at radius 1 is 1.26 bits per heavy atom. The van der Waals surface area contributed by atoms with Crippen LogP contribution in [-0.2, 0) is 0 Å². The number of carbonyl (C=O) groups excluding carboxylic acids is 1. The highest BCUT2D eigenvalue weighted by Crippen LogP contribution is 2.28. The van der Waals surface area contributed by atoms with Crippen LogP contribution in [-0.4, -0.2) is 47.3 Å². The van der Waals surface area contributed by atoms with Gasteiger partial charge in [-0.2, -0.15) is 9.78 Å². The maximum Gasteiger partial charge on any atom is 0.294 e. The normalized spacial score (nSPS) is 11.0. The second-order valence-electron chi connectivity index (χ2n) is 5.93.